The Morgan fingerprint density at radius 1 is 1.37 bits per heavy atom. The van der Waals surface area contributed by atoms with Crippen molar-refractivity contribution >= 4 is 23.4 Å². The molecule has 0 spiro atoms. The van der Waals surface area contributed by atoms with Crippen LogP contribution >= 0.6 is 11.6 Å². The number of ether oxygens (including phenoxy) is 1. The summed E-state index contributed by atoms with van der Waals surface area (Å²) in [4.78, 5) is 36.2. The summed E-state index contributed by atoms with van der Waals surface area (Å²) < 4.78 is 5.32. The van der Waals surface area contributed by atoms with Gasteiger partial charge in [-0.05, 0) is 33.4 Å². The number of likely N-dealkylation sites (tertiary alicyclic amines) is 1. The average molecular weight is 398 g/mol. The van der Waals surface area contributed by atoms with Crippen molar-refractivity contribution in [1.29, 1.82) is 0 Å². The number of halogens is 1. The van der Waals surface area contributed by atoms with Gasteiger partial charge in [0.05, 0.1) is 24.0 Å². The first-order valence-corrected chi connectivity index (χ1v) is 9.34. The number of hydrogen-bond acceptors (Lipinski definition) is 6. The molecule has 8 nitrogen and oxygen atoms in total. The highest BCUT2D eigenvalue weighted by molar-refractivity contribution is 6.29. The number of nitrogens with one attached hydrogen (secondary N) is 1. The zero-order chi connectivity index (χ0) is 20.2. The molecule has 0 unspecified atom stereocenters. The highest BCUT2D eigenvalue weighted by Crippen LogP contribution is 2.22. The van der Waals surface area contributed by atoms with Gasteiger partial charge in [-0.15, -0.1) is 0 Å². The van der Waals surface area contributed by atoms with Gasteiger partial charge in [0.15, 0.2) is 11.8 Å². The molecule has 2 rings (SSSR count). The standard InChI is InChI=1S/C18H28ClN5O3/c1-12(2)6-13(23(4)5)17(26)22-18(3)10-24(11-18)16(25)9-27-15-8-20-7-14(19)21-15/h7-8,12-13H,6,9-11H2,1-5H3,(H,22,26)/t13-/m1/s1. The summed E-state index contributed by atoms with van der Waals surface area (Å²) in [5.74, 6) is 0.445. The number of carbonyl (C=O) groups is 2. The summed E-state index contributed by atoms with van der Waals surface area (Å²) in [6.45, 7) is 6.89. The Balaban J connectivity index is 1.82. The summed E-state index contributed by atoms with van der Waals surface area (Å²) in [5.41, 5.74) is -0.423. The zero-order valence-corrected chi connectivity index (χ0v) is 17.3. The SMILES string of the molecule is CC(C)C[C@H](C(=O)NC1(C)CN(C(=O)COc2cncc(Cl)n2)C1)N(C)C. The molecule has 1 atom stereocenters. The molecule has 9 heteroatoms. The Morgan fingerprint density at radius 2 is 2.04 bits per heavy atom. The molecule has 2 heterocycles. The predicted molar refractivity (Wildman–Crippen MR) is 103 cm³/mol. The molecule has 1 aromatic rings. The van der Waals surface area contributed by atoms with E-state index >= 15 is 0 Å². The maximum absolute atomic E-state index is 12.6. The van der Waals surface area contributed by atoms with Gasteiger partial charge in [0, 0.05) is 13.1 Å². The van der Waals surface area contributed by atoms with E-state index in [0.29, 0.717) is 19.0 Å². The monoisotopic (exact) mass is 397 g/mol. The Hall–Kier alpha value is -1.93. The van der Waals surface area contributed by atoms with Crippen molar-refractivity contribution in [2.24, 2.45) is 5.92 Å². The predicted octanol–water partition coefficient (Wildman–Crippen LogP) is 1.20. The third kappa shape index (κ3) is 6.04. The Kier molecular flexibility index (Phi) is 7.00. The number of aromatic nitrogens is 2. The van der Waals surface area contributed by atoms with Crippen LogP contribution in [0.1, 0.15) is 27.2 Å². The van der Waals surface area contributed by atoms with Crippen molar-refractivity contribution in [2.75, 3.05) is 33.8 Å². The maximum atomic E-state index is 12.6. The molecule has 1 saturated heterocycles. The molecule has 0 aromatic carbocycles. The van der Waals surface area contributed by atoms with Crippen molar-refractivity contribution in [1.82, 2.24) is 25.1 Å². The first-order chi connectivity index (χ1) is 12.6. The Morgan fingerprint density at radius 3 is 2.59 bits per heavy atom. The molecule has 1 N–H and O–H groups in total. The van der Waals surface area contributed by atoms with E-state index in [4.69, 9.17) is 16.3 Å². The van der Waals surface area contributed by atoms with Gasteiger partial charge in [-0.25, -0.2) is 0 Å². The molecule has 0 saturated carbocycles. The van der Waals surface area contributed by atoms with Crippen LogP contribution in [0.15, 0.2) is 12.4 Å². The lowest BCUT2D eigenvalue weighted by Gasteiger charge is -2.48. The minimum absolute atomic E-state index is 0.00579. The van der Waals surface area contributed by atoms with E-state index in [1.54, 1.807) is 4.90 Å². The average Bonchev–Trinajstić information content (AvgIpc) is 2.54. The van der Waals surface area contributed by atoms with Crippen LogP contribution in [0.2, 0.25) is 5.15 Å². The molecule has 0 radical (unpaired) electrons. The van der Waals surface area contributed by atoms with Crippen molar-refractivity contribution in [3.63, 3.8) is 0 Å². The lowest BCUT2D eigenvalue weighted by atomic mass is 9.91. The quantitative estimate of drug-likeness (QED) is 0.709. The summed E-state index contributed by atoms with van der Waals surface area (Å²) >= 11 is 5.73. The molecule has 1 aromatic heterocycles. The van der Waals surface area contributed by atoms with Gasteiger partial charge in [0.2, 0.25) is 11.8 Å². The molecular formula is C18H28ClN5O3. The lowest BCUT2D eigenvalue weighted by molar-refractivity contribution is -0.145. The second kappa shape index (κ2) is 8.84. The minimum Gasteiger partial charge on any atom is -0.466 e. The molecular weight excluding hydrogens is 370 g/mol. The van der Waals surface area contributed by atoms with Crippen molar-refractivity contribution in [3.8, 4) is 5.88 Å². The fourth-order valence-electron chi connectivity index (χ4n) is 3.05. The molecule has 1 fully saturated rings. The number of amides is 2. The second-order valence-corrected chi connectivity index (χ2v) is 8.26. The Bertz CT molecular complexity index is 677. The van der Waals surface area contributed by atoms with Crippen LogP contribution in [-0.4, -0.2) is 77.0 Å². The molecule has 27 heavy (non-hydrogen) atoms. The summed E-state index contributed by atoms with van der Waals surface area (Å²) in [6, 6.07) is -0.184. The number of carbonyl (C=O) groups excluding carboxylic acids is 2. The van der Waals surface area contributed by atoms with E-state index in [1.807, 2.05) is 25.9 Å². The highest BCUT2D eigenvalue weighted by Gasteiger charge is 2.43. The molecule has 0 bridgehead atoms. The smallest absolute Gasteiger partial charge is 0.260 e. The van der Waals surface area contributed by atoms with Crippen LogP contribution in [0.3, 0.4) is 0 Å². The number of nitrogens with zero attached hydrogens (tertiary/aromatic N) is 4. The fraction of sp³-hybridized carbons (Fsp3) is 0.667. The summed E-state index contributed by atoms with van der Waals surface area (Å²) in [6.07, 6.45) is 3.57. The molecule has 150 valence electrons. The van der Waals surface area contributed by atoms with Crippen LogP contribution in [-0.2, 0) is 9.59 Å². The summed E-state index contributed by atoms with van der Waals surface area (Å²) in [5, 5.41) is 3.30. The second-order valence-electron chi connectivity index (χ2n) is 7.88. The normalized spacial score (nSPS) is 16.8. The third-order valence-electron chi connectivity index (χ3n) is 4.40. The van der Waals surface area contributed by atoms with Gasteiger partial charge in [0.25, 0.3) is 5.91 Å². The van der Waals surface area contributed by atoms with Gasteiger partial charge in [0.1, 0.15) is 0 Å². The number of likely N-dealkylation sites (N-methyl/N-ethyl adjacent to an activating group) is 1. The van der Waals surface area contributed by atoms with Gasteiger partial charge < -0.3 is 15.0 Å². The lowest BCUT2D eigenvalue weighted by Crippen LogP contribution is -2.71. The maximum Gasteiger partial charge on any atom is 0.260 e. The third-order valence-corrected chi connectivity index (χ3v) is 4.59. The van der Waals surface area contributed by atoms with E-state index in [0.717, 1.165) is 6.42 Å². The van der Waals surface area contributed by atoms with E-state index in [9.17, 15) is 9.59 Å². The highest BCUT2D eigenvalue weighted by atomic mass is 35.5. The van der Waals surface area contributed by atoms with Crippen molar-refractivity contribution in [2.45, 2.75) is 38.8 Å². The van der Waals surface area contributed by atoms with E-state index in [-0.39, 0.29) is 35.5 Å². The van der Waals surface area contributed by atoms with Crippen molar-refractivity contribution in [3.05, 3.63) is 17.5 Å². The van der Waals surface area contributed by atoms with Gasteiger partial charge in [-0.2, -0.15) is 4.98 Å². The van der Waals surface area contributed by atoms with E-state index in [1.165, 1.54) is 12.4 Å². The Labute approximate surface area is 165 Å². The van der Waals surface area contributed by atoms with Crippen LogP contribution in [0.5, 0.6) is 5.88 Å². The zero-order valence-electron chi connectivity index (χ0n) is 16.5. The largest absolute Gasteiger partial charge is 0.466 e. The molecule has 0 aliphatic carbocycles. The topological polar surface area (TPSA) is 87.7 Å². The number of rotatable bonds is 8. The van der Waals surface area contributed by atoms with Crippen LogP contribution in [0.4, 0.5) is 0 Å². The van der Waals surface area contributed by atoms with E-state index in [2.05, 4.69) is 29.1 Å². The van der Waals surface area contributed by atoms with Crippen molar-refractivity contribution < 1.29 is 14.3 Å². The van der Waals surface area contributed by atoms with E-state index < -0.39 is 5.54 Å². The van der Waals surface area contributed by atoms with Gasteiger partial charge >= 0.3 is 0 Å². The minimum atomic E-state index is -0.423. The molecule has 2 amide bonds. The van der Waals surface area contributed by atoms with Gasteiger partial charge in [-0.1, -0.05) is 25.4 Å². The molecule has 1 aliphatic rings. The van der Waals surface area contributed by atoms with Crippen LogP contribution < -0.4 is 10.1 Å². The first kappa shape index (κ1) is 21.4. The van der Waals surface area contributed by atoms with Crippen LogP contribution in [0, 0.1) is 5.92 Å². The number of hydrogen-bond donors (Lipinski definition) is 1. The molecule has 1 aliphatic heterocycles. The first-order valence-electron chi connectivity index (χ1n) is 8.96. The van der Waals surface area contributed by atoms with Crippen LogP contribution in [0.25, 0.3) is 0 Å². The fourth-order valence-corrected chi connectivity index (χ4v) is 3.19. The van der Waals surface area contributed by atoms with Gasteiger partial charge in [-0.3, -0.25) is 19.5 Å². The summed E-state index contributed by atoms with van der Waals surface area (Å²) in [7, 11) is 3.81.